The third kappa shape index (κ3) is 1.01. The van der Waals surface area contributed by atoms with Crippen LogP contribution >= 0.6 is 7.92 Å². The van der Waals surface area contributed by atoms with Crippen molar-refractivity contribution < 1.29 is 0 Å². The van der Waals surface area contributed by atoms with Crippen molar-refractivity contribution in [1.29, 1.82) is 0 Å². The Kier molecular flexibility index (Phi) is 1.76. The van der Waals surface area contributed by atoms with Crippen molar-refractivity contribution in [2.75, 3.05) is 13.3 Å². The topological polar surface area (TPSA) is 0 Å². The molecule has 2 saturated carbocycles. The van der Waals surface area contributed by atoms with Gasteiger partial charge in [0.2, 0.25) is 0 Å². The van der Waals surface area contributed by atoms with Gasteiger partial charge in [-0.3, -0.25) is 0 Å². The number of hydrogen-bond donors (Lipinski definition) is 0. The largest absolute Gasteiger partial charge is 0.110 e. The fourth-order valence-corrected chi connectivity index (χ4v) is 4.68. The molecule has 1 heteroatoms. The molecule has 0 nitrogen and oxygen atoms in total. The minimum atomic E-state index is 0.384. The molecule has 58 valence electrons. The van der Waals surface area contributed by atoms with Gasteiger partial charge in [-0.15, -0.1) is 7.92 Å². The van der Waals surface area contributed by atoms with E-state index in [-0.39, 0.29) is 0 Å². The summed E-state index contributed by atoms with van der Waals surface area (Å²) in [5, 5.41) is 0. The summed E-state index contributed by atoms with van der Waals surface area (Å²) < 4.78 is 0. The Balaban J connectivity index is 2.02. The summed E-state index contributed by atoms with van der Waals surface area (Å²) in [5.74, 6) is 2.31. The van der Waals surface area contributed by atoms with E-state index in [2.05, 4.69) is 13.3 Å². The molecule has 0 radical (unpaired) electrons. The van der Waals surface area contributed by atoms with Crippen LogP contribution in [0.15, 0.2) is 0 Å². The summed E-state index contributed by atoms with van der Waals surface area (Å²) in [4.78, 5) is 0. The van der Waals surface area contributed by atoms with E-state index in [4.69, 9.17) is 0 Å². The molecule has 0 aromatic carbocycles. The molecule has 2 rings (SSSR count). The summed E-state index contributed by atoms with van der Waals surface area (Å²) in [6.45, 7) is 4.92. The number of rotatable bonds is 1. The van der Waals surface area contributed by atoms with Gasteiger partial charge in [0, 0.05) is 0 Å². The van der Waals surface area contributed by atoms with E-state index in [0.717, 1.165) is 17.5 Å². The molecule has 2 aliphatic rings. The average Bonchev–Trinajstić information content (AvgIpc) is 2.44. The first-order chi connectivity index (χ1) is 4.77. The zero-order valence-electron chi connectivity index (χ0n) is 7.01. The van der Waals surface area contributed by atoms with E-state index in [0.29, 0.717) is 7.92 Å². The van der Waals surface area contributed by atoms with Crippen LogP contribution in [0.4, 0.5) is 0 Å². The van der Waals surface area contributed by atoms with Crippen LogP contribution in [0.5, 0.6) is 0 Å². The fourth-order valence-electron chi connectivity index (χ4n) is 2.84. The van der Waals surface area contributed by atoms with E-state index in [1.54, 1.807) is 25.7 Å². The van der Waals surface area contributed by atoms with E-state index in [9.17, 15) is 0 Å². The Bertz CT molecular complexity index is 131. The molecule has 0 aromatic rings. The molecule has 2 fully saturated rings. The van der Waals surface area contributed by atoms with Gasteiger partial charge in [-0.1, -0.05) is 6.42 Å². The Hall–Kier alpha value is 0.430. The van der Waals surface area contributed by atoms with E-state index in [1.807, 2.05) is 0 Å². The lowest BCUT2D eigenvalue weighted by Crippen LogP contribution is -2.13. The number of fused-ring (bicyclic) bond motifs is 2. The maximum atomic E-state index is 2.46. The monoisotopic (exact) mass is 156 g/mol. The Morgan fingerprint density at radius 1 is 1.10 bits per heavy atom. The minimum absolute atomic E-state index is 0.384. The summed E-state index contributed by atoms with van der Waals surface area (Å²) in [6.07, 6.45) is 6.30. The van der Waals surface area contributed by atoms with Gasteiger partial charge in [-0.2, -0.15) is 0 Å². The van der Waals surface area contributed by atoms with Crippen LogP contribution in [0.25, 0.3) is 0 Å². The first-order valence-corrected chi connectivity index (χ1v) is 6.74. The van der Waals surface area contributed by atoms with Crippen LogP contribution in [0.3, 0.4) is 0 Å². The summed E-state index contributed by atoms with van der Waals surface area (Å²) >= 11 is 0. The maximum Gasteiger partial charge on any atom is -0.0183 e. The van der Waals surface area contributed by atoms with Gasteiger partial charge in [0.1, 0.15) is 0 Å². The van der Waals surface area contributed by atoms with Crippen LogP contribution in [0, 0.1) is 11.8 Å². The van der Waals surface area contributed by atoms with Gasteiger partial charge in [-0.25, -0.2) is 0 Å². The quantitative estimate of drug-likeness (QED) is 0.512. The second kappa shape index (κ2) is 2.48. The normalized spacial score (nSPS) is 45.3. The van der Waals surface area contributed by atoms with Crippen molar-refractivity contribution in [1.82, 2.24) is 0 Å². The van der Waals surface area contributed by atoms with Crippen LogP contribution in [-0.4, -0.2) is 19.0 Å². The predicted octanol–water partition coefficient (Wildman–Crippen LogP) is 2.92. The van der Waals surface area contributed by atoms with Gasteiger partial charge >= 0.3 is 0 Å². The lowest BCUT2D eigenvalue weighted by Gasteiger charge is -2.25. The van der Waals surface area contributed by atoms with E-state index < -0.39 is 0 Å². The van der Waals surface area contributed by atoms with Crippen LogP contribution in [-0.2, 0) is 0 Å². The molecule has 10 heavy (non-hydrogen) atoms. The summed E-state index contributed by atoms with van der Waals surface area (Å²) in [7, 11) is 0.384. The average molecular weight is 156 g/mol. The Morgan fingerprint density at radius 2 is 1.90 bits per heavy atom. The lowest BCUT2D eigenvalue weighted by atomic mass is 10.0. The highest BCUT2D eigenvalue weighted by Crippen LogP contribution is 2.55. The molecule has 2 bridgehead atoms. The minimum Gasteiger partial charge on any atom is -0.110 e. The highest BCUT2D eigenvalue weighted by molar-refractivity contribution is 7.56. The van der Waals surface area contributed by atoms with Crippen molar-refractivity contribution in [3.63, 3.8) is 0 Å². The Morgan fingerprint density at radius 3 is 2.20 bits per heavy atom. The smallest absolute Gasteiger partial charge is 0.0183 e. The second-order valence-corrected chi connectivity index (χ2v) is 6.80. The third-order valence-corrected chi connectivity index (χ3v) is 5.32. The lowest BCUT2D eigenvalue weighted by molar-refractivity contribution is 0.488. The molecule has 0 N–H and O–H groups in total. The van der Waals surface area contributed by atoms with E-state index >= 15 is 0 Å². The van der Waals surface area contributed by atoms with Crippen LogP contribution in [0.1, 0.15) is 25.7 Å². The zero-order chi connectivity index (χ0) is 7.14. The van der Waals surface area contributed by atoms with Crippen LogP contribution in [0.2, 0.25) is 0 Å². The zero-order valence-corrected chi connectivity index (χ0v) is 7.90. The van der Waals surface area contributed by atoms with Crippen molar-refractivity contribution in [3.05, 3.63) is 0 Å². The van der Waals surface area contributed by atoms with Gasteiger partial charge in [0.15, 0.2) is 0 Å². The molecular formula is C9H17P. The number of hydrogen-bond acceptors (Lipinski definition) is 0. The van der Waals surface area contributed by atoms with E-state index in [1.165, 1.54) is 0 Å². The van der Waals surface area contributed by atoms with Gasteiger partial charge in [0.25, 0.3) is 0 Å². The third-order valence-electron chi connectivity index (χ3n) is 3.36. The fraction of sp³-hybridized carbons (Fsp3) is 1.00. The summed E-state index contributed by atoms with van der Waals surface area (Å²) in [6, 6.07) is 0. The van der Waals surface area contributed by atoms with Gasteiger partial charge in [-0.05, 0) is 50.1 Å². The first-order valence-electron chi connectivity index (χ1n) is 4.44. The van der Waals surface area contributed by atoms with Crippen molar-refractivity contribution in [2.45, 2.75) is 31.3 Å². The maximum absolute atomic E-state index is 2.46. The first kappa shape index (κ1) is 7.10. The molecule has 0 heterocycles. The molecule has 0 spiro atoms. The summed E-state index contributed by atoms with van der Waals surface area (Å²) in [5.41, 5.74) is 1.16. The Labute approximate surface area is 65.1 Å². The van der Waals surface area contributed by atoms with Gasteiger partial charge in [0.05, 0.1) is 0 Å². The molecule has 0 unspecified atom stereocenters. The highest BCUT2D eigenvalue weighted by atomic mass is 31.1. The van der Waals surface area contributed by atoms with Crippen molar-refractivity contribution >= 4 is 7.92 Å². The highest BCUT2D eigenvalue weighted by Gasteiger charge is 2.40. The van der Waals surface area contributed by atoms with Crippen molar-refractivity contribution in [3.8, 4) is 0 Å². The second-order valence-electron chi connectivity index (χ2n) is 4.21. The molecule has 3 atom stereocenters. The molecule has 0 aromatic heterocycles. The molecule has 0 saturated heterocycles. The molecular weight excluding hydrogens is 139 g/mol. The van der Waals surface area contributed by atoms with Crippen LogP contribution < -0.4 is 0 Å². The van der Waals surface area contributed by atoms with Gasteiger partial charge < -0.3 is 0 Å². The molecule has 0 amide bonds. The standard InChI is InChI=1S/C9H17P/c1-10(2)9-6-7-3-4-8(9)5-7/h7-9H,3-6H2,1-2H3/t7-,8+,9-/m0/s1. The SMILES string of the molecule is CP(C)[C@H]1C[C@H]2CC[C@@H]1C2. The molecule has 0 aliphatic heterocycles. The predicted molar refractivity (Wildman–Crippen MR) is 48.0 cm³/mol. The molecule has 2 aliphatic carbocycles. The van der Waals surface area contributed by atoms with Crippen molar-refractivity contribution in [2.24, 2.45) is 11.8 Å².